The molecule has 2 rings (SSSR count). The minimum atomic E-state index is -1.13. The van der Waals surface area contributed by atoms with Gasteiger partial charge in [-0.05, 0) is 24.3 Å². The van der Waals surface area contributed by atoms with Crippen LogP contribution >= 0.6 is 23.2 Å². The number of aromatic nitrogens is 1. The van der Waals surface area contributed by atoms with E-state index in [2.05, 4.69) is 4.98 Å². The fourth-order valence-corrected chi connectivity index (χ4v) is 2.12. The summed E-state index contributed by atoms with van der Waals surface area (Å²) in [6.07, 6.45) is 0. The van der Waals surface area contributed by atoms with E-state index in [1.165, 1.54) is 36.2 Å². The molecular formula is C14H10Cl2N2O3. The average molecular weight is 325 g/mol. The Bertz CT molecular complexity index is 719. The van der Waals surface area contributed by atoms with E-state index in [1.54, 1.807) is 12.1 Å². The molecule has 0 bridgehead atoms. The molecule has 0 saturated heterocycles. The Balaban J connectivity index is 2.45. The van der Waals surface area contributed by atoms with Crippen LogP contribution in [0.5, 0.6) is 0 Å². The van der Waals surface area contributed by atoms with Gasteiger partial charge in [0.15, 0.2) is 0 Å². The van der Waals surface area contributed by atoms with E-state index >= 15 is 0 Å². The molecule has 1 aromatic heterocycles. The molecule has 21 heavy (non-hydrogen) atoms. The van der Waals surface area contributed by atoms with Gasteiger partial charge in [0.1, 0.15) is 10.8 Å². The molecule has 1 heterocycles. The van der Waals surface area contributed by atoms with Crippen LogP contribution in [0.25, 0.3) is 0 Å². The highest BCUT2D eigenvalue weighted by atomic mass is 35.5. The van der Waals surface area contributed by atoms with Gasteiger partial charge in [-0.3, -0.25) is 4.79 Å². The zero-order valence-corrected chi connectivity index (χ0v) is 12.4. The predicted molar refractivity (Wildman–Crippen MR) is 80.4 cm³/mol. The minimum absolute atomic E-state index is 0.00602. The van der Waals surface area contributed by atoms with Crippen LogP contribution < -0.4 is 4.90 Å². The molecule has 108 valence electrons. The Morgan fingerprint density at radius 1 is 1.14 bits per heavy atom. The monoisotopic (exact) mass is 324 g/mol. The van der Waals surface area contributed by atoms with Gasteiger partial charge < -0.3 is 10.0 Å². The van der Waals surface area contributed by atoms with Gasteiger partial charge in [0.25, 0.3) is 5.91 Å². The van der Waals surface area contributed by atoms with Crippen LogP contribution in [0.3, 0.4) is 0 Å². The van der Waals surface area contributed by atoms with Gasteiger partial charge >= 0.3 is 5.97 Å². The topological polar surface area (TPSA) is 70.5 Å². The van der Waals surface area contributed by atoms with Gasteiger partial charge in [-0.25, -0.2) is 9.78 Å². The first-order valence-electron chi connectivity index (χ1n) is 5.84. The lowest BCUT2D eigenvalue weighted by molar-refractivity contribution is 0.0697. The van der Waals surface area contributed by atoms with Crippen LogP contribution in [0.15, 0.2) is 36.4 Å². The third-order valence-corrected chi connectivity index (χ3v) is 3.33. The van der Waals surface area contributed by atoms with Gasteiger partial charge in [0, 0.05) is 7.05 Å². The molecule has 2 aromatic rings. The summed E-state index contributed by atoms with van der Waals surface area (Å²) < 4.78 is 0. The molecule has 1 aromatic carbocycles. The number of aromatic carboxylic acids is 1. The van der Waals surface area contributed by atoms with Crippen molar-refractivity contribution in [3.63, 3.8) is 0 Å². The molecule has 1 N–H and O–H groups in total. The fourth-order valence-electron chi connectivity index (χ4n) is 1.78. The van der Waals surface area contributed by atoms with Crippen molar-refractivity contribution in [2.24, 2.45) is 0 Å². The van der Waals surface area contributed by atoms with E-state index in [1.807, 2.05) is 0 Å². The number of hydrogen-bond acceptors (Lipinski definition) is 3. The van der Waals surface area contributed by atoms with Crippen molar-refractivity contribution in [1.82, 2.24) is 4.98 Å². The lowest BCUT2D eigenvalue weighted by atomic mass is 10.1. The Morgan fingerprint density at radius 3 is 2.48 bits per heavy atom. The molecule has 0 aliphatic carbocycles. The van der Waals surface area contributed by atoms with Crippen LogP contribution in [0.2, 0.25) is 10.2 Å². The van der Waals surface area contributed by atoms with E-state index in [0.717, 1.165) is 0 Å². The second-order valence-corrected chi connectivity index (χ2v) is 4.95. The SMILES string of the molecule is CN(C(=O)c1nc(Cl)ccc1Cl)c1ccccc1C(=O)O. The number of benzene rings is 1. The zero-order chi connectivity index (χ0) is 15.6. The van der Waals surface area contributed by atoms with Crippen LogP contribution in [-0.4, -0.2) is 29.0 Å². The molecule has 0 atom stereocenters. The number of amides is 1. The molecule has 0 radical (unpaired) electrons. The lowest BCUT2D eigenvalue weighted by Crippen LogP contribution is -2.29. The van der Waals surface area contributed by atoms with E-state index in [0.29, 0.717) is 0 Å². The molecule has 0 fully saturated rings. The summed E-state index contributed by atoms with van der Waals surface area (Å²) in [7, 11) is 1.45. The van der Waals surface area contributed by atoms with Crippen molar-refractivity contribution >= 4 is 40.8 Å². The first-order valence-corrected chi connectivity index (χ1v) is 6.60. The Hall–Kier alpha value is -2.11. The highest BCUT2D eigenvalue weighted by molar-refractivity contribution is 6.35. The number of para-hydroxylation sites is 1. The third-order valence-electron chi connectivity index (χ3n) is 2.82. The summed E-state index contributed by atoms with van der Waals surface area (Å²) in [6.45, 7) is 0. The van der Waals surface area contributed by atoms with Crippen LogP contribution in [-0.2, 0) is 0 Å². The summed E-state index contributed by atoms with van der Waals surface area (Å²) in [5.41, 5.74) is 0.214. The van der Waals surface area contributed by atoms with E-state index < -0.39 is 11.9 Å². The average Bonchev–Trinajstić information content (AvgIpc) is 2.48. The number of halogens is 2. The smallest absolute Gasteiger partial charge is 0.337 e. The van der Waals surface area contributed by atoms with E-state index in [-0.39, 0.29) is 27.1 Å². The van der Waals surface area contributed by atoms with Crippen molar-refractivity contribution < 1.29 is 14.7 Å². The van der Waals surface area contributed by atoms with Crippen molar-refractivity contribution in [2.45, 2.75) is 0 Å². The third kappa shape index (κ3) is 3.15. The quantitative estimate of drug-likeness (QED) is 0.879. The summed E-state index contributed by atoms with van der Waals surface area (Å²) in [5.74, 6) is -1.67. The van der Waals surface area contributed by atoms with E-state index in [4.69, 9.17) is 28.3 Å². The summed E-state index contributed by atoms with van der Waals surface area (Å²) >= 11 is 11.7. The van der Waals surface area contributed by atoms with E-state index in [9.17, 15) is 9.59 Å². The number of carbonyl (C=O) groups excluding carboxylic acids is 1. The van der Waals surface area contributed by atoms with Crippen LogP contribution in [0, 0.1) is 0 Å². The molecule has 0 saturated carbocycles. The summed E-state index contributed by atoms with van der Waals surface area (Å²) in [4.78, 5) is 28.7. The van der Waals surface area contributed by atoms with Gasteiger partial charge in [-0.1, -0.05) is 35.3 Å². The number of rotatable bonds is 3. The zero-order valence-electron chi connectivity index (χ0n) is 10.9. The number of carboxylic acid groups (broad SMARTS) is 1. The maximum atomic E-state index is 12.4. The summed E-state index contributed by atoms with van der Waals surface area (Å²) in [6, 6.07) is 9.08. The largest absolute Gasteiger partial charge is 0.478 e. The molecule has 1 amide bonds. The Kier molecular flexibility index (Phi) is 4.45. The molecule has 5 nitrogen and oxygen atoms in total. The predicted octanol–water partition coefficient (Wildman–Crippen LogP) is 3.36. The number of anilines is 1. The molecule has 0 aliphatic rings. The second kappa shape index (κ2) is 6.11. The number of pyridine rings is 1. The molecular weight excluding hydrogens is 315 g/mol. The number of carboxylic acids is 1. The first-order chi connectivity index (χ1) is 9.91. The molecule has 0 unspecified atom stereocenters. The van der Waals surface area contributed by atoms with Crippen molar-refractivity contribution in [1.29, 1.82) is 0 Å². The number of nitrogens with zero attached hydrogens (tertiary/aromatic N) is 2. The summed E-state index contributed by atoms with van der Waals surface area (Å²) in [5, 5.41) is 9.43. The fraction of sp³-hybridized carbons (Fsp3) is 0.0714. The molecule has 7 heteroatoms. The maximum absolute atomic E-state index is 12.4. The Morgan fingerprint density at radius 2 is 1.81 bits per heavy atom. The second-order valence-electron chi connectivity index (χ2n) is 4.15. The first kappa shape index (κ1) is 15.3. The highest BCUT2D eigenvalue weighted by Gasteiger charge is 2.22. The Labute approximate surface area is 130 Å². The van der Waals surface area contributed by atoms with Crippen molar-refractivity contribution in [3.05, 3.63) is 57.8 Å². The molecule has 0 spiro atoms. The lowest BCUT2D eigenvalue weighted by Gasteiger charge is -2.19. The highest BCUT2D eigenvalue weighted by Crippen LogP contribution is 2.24. The normalized spacial score (nSPS) is 10.2. The van der Waals surface area contributed by atoms with Crippen molar-refractivity contribution in [3.8, 4) is 0 Å². The molecule has 0 aliphatic heterocycles. The van der Waals surface area contributed by atoms with Crippen molar-refractivity contribution in [2.75, 3.05) is 11.9 Å². The van der Waals surface area contributed by atoms with Gasteiger partial charge in [-0.2, -0.15) is 0 Å². The number of carbonyl (C=O) groups is 2. The van der Waals surface area contributed by atoms with Gasteiger partial charge in [-0.15, -0.1) is 0 Å². The van der Waals surface area contributed by atoms with Gasteiger partial charge in [0.2, 0.25) is 0 Å². The van der Waals surface area contributed by atoms with Crippen LogP contribution in [0.4, 0.5) is 5.69 Å². The standard InChI is InChI=1S/C14H10Cl2N2O3/c1-18(10-5-3-2-4-8(10)14(20)21)13(19)12-9(15)6-7-11(16)17-12/h2-7H,1H3,(H,20,21). The van der Waals surface area contributed by atoms with Gasteiger partial charge in [0.05, 0.1) is 16.3 Å². The minimum Gasteiger partial charge on any atom is -0.478 e. The maximum Gasteiger partial charge on any atom is 0.337 e. The number of hydrogen-bond donors (Lipinski definition) is 1. The van der Waals surface area contributed by atoms with Crippen LogP contribution in [0.1, 0.15) is 20.8 Å².